The molecule has 8 heteroatoms. The average Bonchev–Trinajstić information content (AvgIpc) is 2.94. The fraction of sp³-hybridized carbons (Fsp3) is 0.389. The molecule has 1 atom stereocenters. The molecule has 2 N–H and O–H groups in total. The quantitative estimate of drug-likeness (QED) is 0.852. The van der Waals surface area contributed by atoms with Crippen LogP contribution < -0.4 is 10.1 Å². The molecule has 1 heterocycles. The topological polar surface area (TPSA) is 93.5 Å². The van der Waals surface area contributed by atoms with Crippen LogP contribution in [0.1, 0.15) is 48.4 Å². The number of hydrogen-bond donors (Lipinski definition) is 2. The fourth-order valence-corrected chi connectivity index (χ4v) is 2.67. The second kappa shape index (κ2) is 7.15. The zero-order valence-corrected chi connectivity index (χ0v) is 15.3. The zero-order valence-electron chi connectivity index (χ0n) is 15.3. The standard InChI is InChI=1S/C18H22FN3O4/c1-10-12(9-20-22(10)18(2,3)4)16(23)21-15(17(24)25)11-6-7-14(26-5)13(19)8-11/h6-9,15H,1-5H3,(H,21,23)(H,24,25). The molecule has 1 aromatic heterocycles. The van der Waals surface area contributed by atoms with Gasteiger partial charge in [0.15, 0.2) is 17.6 Å². The molecule has 2 aromatic rings. The molecule has 1 amide bonds. The van der Waals surface area contributed by atoms with E-state index >= 15 is 0 Å². The maximum Gasteiger partial charge on any atom is 0.330 e. The number of methoxy groups -OCH3 is 1. The Morgan fingerprint density at radius 3 is 2.46 bits per heavy atom. The van der Waals surface area contributed by atoms with Crippen LogP contribution in [-0.4, -0.2) is 33.9 Å². The summed E-state index contributed by atoms with van der Waals surface area (Å²) in [6, 6.07) is 2.34. The highest BCUT2D eigenvalue weighted by molar-refractivity contribution is 5.97. The van der Waals surface area contributed by atoms with E-state index in [1.807, 2.05) is 20.8 Å². The number of rotatable bonds is 5. The second-order valence-electron chi connectivity index (χ2n) is 6.86. The lowest BCUT2D eigenvalue weighted by Gasteiger charge is -2.21. The molecule has 2 rings (SSSR count). The van der Waals surface area contributed by atoms with Gasteiger partial charge in [-0.25, -0.2) is 9.18 Å². The molecule has 0 fully saturated rings. The van der Waals surface area contributed by atoms with Crippen molar-refractivity contribution in [1.29, 1.82) is 0 Å². The third-order valence-electron chi connectivity index (χ3n) is 3.92. The summed E-state index contributed by atoms with van der Waals surface area (Å²) in [5.41, 5.74) is 0.652. The Balaban J connectivity index is 2.31. The Bertz CT molecular complexity index is 839. The van der Waals surface area contributed by atoms with Gasteiger partial charge in [-0.2, -0.15) is 5.10 Å². The molecule has 0 aliphatic rings. The van der Waals surface area contributed by atoms with E-state index in [1.54, 1.807) is 11.6 Å². The Kier molecular flexibility index (Phi) is 5.34. The van der Waals surface area contributed by atoms with Crippen LogP contribution in [0.25, 0.3) is 0 Å². The van der Waals surface area contributed by atoms with Gasteiger partial charge in [-0.3, -0.25) is 9.48 Å². The van der Waals surface area contributed by atoms with Crippen LogP contribution in [0.4, 0.5) is 4.39 Å². The normalized spacial score (nSPS) is 12.5. The summed E-state index contributed by atoms with van der Waals surface area (Å²) in [6.07, 6.45) is 1.39. The number of nitrogens with one attached hydrogen (secondary N) is 1. The molecular weight excluding hydrogens is 341 g/mol. The predicted octanol–water partition coefficient (Wildman–Crippen LogP) is 2.65. The van der Waals surface area contributed by atoms with Gasteiger partial charge >= 0.3 is 5.97 Å². The molecule has 0 aliphatic heterocycles. The molecule has 0 saturated heterocycles. The highest BCUT2D eigenvalue weighted by atomic mass is 19.1. The maximum atomic E-state index is 13.9. The monoisotopic (exact) mass is 363 g/mol. The van der Waals surface area contributed by atoms with E-state index in [9.17, 15) is 19.1 Å². The number of amides is 1. The SMILES string of the molecule is COc1ccc(C(NC(=O)c2cnn(C(C)(C)C)c2C)C(=O)O)cc1F. The third kappa shape index (κ3) is 3.84. The highest BCUT2D eigenvalue weighted by Crippen LogP contribution is 2.23. The van der Waals surface area contributed by atoms with E-state index in [4.69, 9.17) is 4.74 Å². The Labute approximate surface area is 150 Å². The molecular formula is C18H22FN3O4. The second-order valence-corrected chi connectivity index (χ2v) is 6.86. The minimum absolute atomic E-state index is 0.00786. The molecule has 1 aromatic carbocycles. The molecule has 7 nitrogen and oxygen atoms in total. The van der Waals surface area contributed by atoms with Crippen molar-refractivity contribution in [3.8, 4) is 5.75 Å². The smallest absolute Gasteiger partial charge is 0.330 e. The largest absolute Gasteiger partial charge is 0.494 e. The van der Waals surface area contributed by atoms with Crippen LogP contribution in [0.5, 0.6) is 5.75 Å². The van der Waals surface area contributed by atoms with Crippen LogP contribution >= 0.6 is 0 Å². The van der Waals surface area contributed by atoms with Crippen molar-refractivity contribution in [2.24, 2.45) is 0 Å². The molecule has 0 saturated carbocycles. The predicted molar refractivity (Wildman–Crippen MR) is 92.8 cm³/mol. The van der Waals surface area contributed by atoms with Crippen molar-refractivity contribution in [2.45, 2.75) is 39.3 Å². The molecule has 0 radical (unpaired) electrons. The van der Waals surface area contributed by atoms with Crippen molar-refractivity contribution >= 4 is 11.9 Å². The molecule has 0 aliphatic carbocycles. The number of carboxylic acids is 1. The van der Waals surface area contributed by atoms with Crippen LogP contribution in [0.2, 0.25) is 0 Å². The van der Waals surface area contributed by atoms with Gasteiger partial charge in [-0.05, 0) is 45.4 Å². The minimum Gasteiger partial charge on any atom is -0.494 e. The van der Waals surface area contributed by atoms with E-state index in [2.05, 4.69) is 10.4 Å². The van der Waals surface area contributed by atoms with Crippen LogP contribution in [-0.2, 0) is 10.3 Å². The summed E-state index contributed by atoms with van der Waals surface area (Å²) in [6.45, 7) is 7.55. The van der Waals surface area contributed by atoms with Crippen molar-refractivity contribution in [3.05, 3.63) is 47.0 Å². The minimum atomic E-state index is -1.40. The van der Waals surface area contributed by atoms with E-state index < -0.39 is 23.7 Å². The average molecular weight is 363 g/mol. The Hall–Kier alpha value is -2.90. The first-order valence-corrected chi connectivity index (χ1v) is 7.98. The number of hydrogen-bond acceptors (Lipinski definition) is 4. The summed E-state index contributed by atoms with van der Waals surface area (Å²) in [5, 5.41) is 16.1. The van der Waals surface area contributed by atoms with Crippen LogP contribution in [0.15, 0.2) is 24.4 Å². The molecule has 0 spiro atoms. The first kappa shape index (κ1) is 19.4. The summed E-state index contributed by atoms with van der Waals surface area (Å²) in [7, 11) is 1.31. The zero-order chi connectivity index (χ0) is 19.6. The van der Waals surface area contributed by atoms with Gasteiger partial charge in [-0.15, -0.1) is 0 Å². The lowest BCUT2D eigenvalue weighted by atomic mass is 10.1. The summed E-state index contributed by atoms with van der Waals surface area (Å²) >= 11 is 0. The maximum absolute atomic E-state index is 13.9. The van der Waals surface area contributed by atoms with Crippen molar-refractivity contribution < 1.29 is 23.8 Å². The Morgan fingerprint density at radius 1 is 1.35 bits per heavy atom. The first-order chi connectivity index (χ1) is 12.1. The summed E-state index contributed by atoms with van der Waals surface area (Å²) in [4.78, 5) is 24.1. The van der Waals surface area contributed by atoms with Gasteiger partial charge in [0.25, 0.3) is 5.91 Å². The van der Waals surface area contributed by atoms with Crippen LogP contribution in [0, 0.1) is 12.7 Å². The number of carbonyl (C=O) groups is 2. The lowest BCUT2D eigenvalue weighted by Crippen LogP contribution is -2.34. The van der Waals surface area contributed by atoms with Gasteiger partial charge in [0.05, 0.1) is 24.4 Å². The fourth-order valence-electron chi connectivity index (χ4n) is 2.67. The van der Waals surface area contributed by atoms with Gasteiger partial charge in [0.2, 0.25) is 0 Å². The number of benzene rings is 1. The molecule has 140 valence electrons. The first-order valence-electron chi connectivity index (χ1n) is 7.98. The van der Waals surface area contributed by atoms with Gasteiger partial charge in [0.1, 0.15) is 0 Å². The van der Waals surface area contributed by atoms with Crippen molar-refractivity contribution in [1.82, 2.24) is 15.1 Å². The van der Waals surface area contributed by atoms with Gasteiger partial charge in [-0.1, -0.05) is 6.07 Å². The number of halogens is 1. The Morgan fingerprint density at radius 2 is 2.00 bits per heavy atom. The highest BCUT2D eigenvalue weighted by Gasteiger charge is 2.27. The van der Waals surface area contributed by atoms with Crippen molar-refractivity contribution in [3.63, 3.8) is 0 Å². The van der Waals surface area contributed by atoms with E-state index in [1.165, 1.54) is 25.4 Å². The number of carbonyl (C=O) groups excluding carboxylic acids is 1. The summed E-state index contributed by atoms with van der Waals surface area (Å²) in [5.74, 6) is -2.61. The number of ether oxygens (including phenoxy) is 1. The molecule has 0 bridgehead atoms. The number of aliphatic carboxylic acids is 1. The van der Waals surface area contributed by atoms with Gasteiger partial charge in [0, 0.05) is 5.69 Å². The number of aromatic nitrogens is 2. The third-order valence-corrected chi connectivity index (χ3v) is 3.92. The number of carboxylic acid groups (broad SMARTS) is 1. The van der Waals surface area contributed by atoms with E-state index in [-0.39, 0.29) is 22.4 Å². The van der Waals surface area contributed by atoms with Crippen molar-refractivity contribution in [2.75, 3.05) is 7.11 Å². The number of nitrogens with zero attached hydrogens (tertiary/aromatic N) is 2. The van der Waals surface area contributed by atoms with Gasteiger partial charge < -0.3 is 15.2 Å². The van der Waals surface area contributed by atoms with E-state index in [0.29, 0.717) is 5.69 Å². The van der Waals surface area contributed by atoms with E-state index in [0.717, 1.165) is 6.07 Å². The lowest BCUT2D eigenvalue weighted by molar-refractivity contribution is -0.139. The molecule has 26 heavy (non-hydrogen) atoms. The molecule has 1 unspecified atom stereocenters. The van der Waals surface area contributed by atoms with Crippen LogP contribution in [0.3, 0.4) is 0 Å². The summed E-state index contributed by atoms with van der Waals surface area (Å²) < 4.78 is 20.4.